The van der Waals surface area contributed by atoms with Gasteiger partial charge < -0.3 is 20.5 Å². The molecule has 0 aliphatic carbocycles. The van der Waals surface area contributed by atoms with Crippen molar-refractivity contribution in [2.75, 3.05) is 0 Å². The Kier molecular flexibility index (Phi) is 9.38. The number of phenolic OH excluding ortho intramolecular Hbond substituents is 1. The fraction of sp³-hybridized carbons (Fsp3) is 0.522. The van der Waals surface area contributed by atoms with Crippen LogP contribution in [0.1, 0.15) is 66.0 Å². The van der Waals surface area contributed by atoms with Crippen LogP contribution in [0.2, 0.25) is 0 Å². The van der Waals surface area contributed by atoms with E-state index in [0.29, 0.717) is 5.56 Å². The minimum absolute atomic E-state index is 0.0683. The number of rotatable bonds is 8. The van der Waals surface area contributed by atoms with E-state index in [1.165, 1.54) is 19.1 Å². The molecule has 8 heteroatoms. The summed E-state index contributed by atoms with van der Waals surface area (Å²) in [4.78, 5) is 39.1. The number of nitrogens with zero attached hydrogens (tertiary/aromatic N) is 1. The number of alkyl carbamates (subject to hydrolysis) is 1. The molecule has 0 bridgehead atoms. The number of ether oxygens (including phenoxy) is 1. The summed E-state index contributed by atoms with van der Waals surface area (Å²) in [7, 11) is 0. The number of nitrogens with one attached hydrogen (secondary N) is 2. The van der Waals surface area contributed by atoms with E-state index in [-0.39, 0.29) is 11.8 Å². The highest BCUT2D eigenvalue weighted by atomic mass is 16.6. The van der Waals surface area contributed by atoms with Gasteiger partial charge in [0, 0.05) is 12.1 Å². The molecule has 0 saturated heterocycles. The molecule has 3 unspecified atom stereocenters. The average Bonchev–Trinajstić information content (AvgIpc) is 2.63. The third-order valence-electron chi connectivity index (χ3n) is 4.28. The van der Waals surface area contributed by atoms with Crippen LogP contribution in [0.25, 0.3) is 0 Å². The molecule has 1 aromatic carbocycles. The molecular formula is C23H33N3O5. The summed E-state index contributed by atoms with van der Waals surface area (Å²) in [5.41, 5.74) is -0.394. The lowest BCUT2D eigenvalue weighted by atomic mass is 10.0. The summed E-state index contributed by atoms with van der Waals surface area (Å²) in [6, 6.07) is 5.86. The molecule has 0 heterocycles. The lowest BCUT2D eigenvalue weighted by Gasteiger charge is -2.30. The van der Waals surface area contributed by atoms with Crippen molar-refractivity contribution < 1.29 is 24.2 Å². The monoisotopic (exact) mass is 431 g/mol. The Morgan fingerprint density at radius 3 is 2.39 bits per heavy atom. The second-order valence-corrected chi connectivity index (χ2v) is 8.40. The molecule has 170 valence electrons. The number of hydrogen-bond donors (Lipinski definition) is 3. The van der Waals surface area contributed by atoms with Crippen LogP contribution in [0.3, 0.4) is 0 Å². The second kappa shape index (κ2) is 11.3. The van der Waals surface area contributed by atoms with Gasteiger partial charge in [-0.25, -0.2) is 4.79 Å². The van der Waals surface area contributed by atoms with Crippen molar-refractivity contribution in [1.29, 1.82) is 0 Å². The number of terminal acetylenes is 1. The number of phenols is 1. The average molecular weight is 432 g/mol. The van der Waals surface area contributed by atoms with Crippen LogP contribution < -0.4 is 10.6 Å². The Hall–Kier alpha value is -3.21. The Balaban J connectivity index is 3.18. The number of aromatic hydroxyl groups is 1. The fourth-order valence-electron chi connectivity index (χ4n) is 2.96. The lowest BCUT2D eigenvalue weighted by molar-refractivity contribution is -0.138. The van der Waals surface area contributed by atoms with E-state index in [1.807, 2.05) is 13.8 Å². The van der Waals surface area contributed by atoms with Crippen molar-refractivity contribution >= 4 is 17.9 Å². The quantitative estimate of drug-likeness (QED) is 0.433. The maximum absolute atomic E-state index is 13.1. The highest BCUT2D eigenvalue weighted by molar-refractivity contribution is 5.93. The zero-order valence-electron chi connectivity index (χ0n) is 19.1. The molecular weight excluding hydrogens is 398 g/mol. The zero-order chi connectivity index (χ0) is 23.8. The SMILES string of the molecule is C#CN(C(=O)C(C)NC(=O)OC(C)(C)C)C(C(=O)NC(C)CCC)c1cccc(O)c1. The van der Waals surface area contributed by atoms with Crippen molar-refractivity contribution in [2.45, 2.75) is 78.1 Å². The first kappa shape index (κ1) is 25.8. The molecule has 1 aromatic rings. The number of carbonyl (C=O) groups excluding carboxylic acids is 3. The van der Waals surface area contributed by atoms with Crippen LogP contribution in [0, 0.1) is 12.5 Å². The Morgan fingerprint density at radius 2 is 1.87 bits per heavy atom. The standard InChI is InChI=1S/C23H33N3O5/c1-8-11-15(3)24-20(28)19(17-12-10-13-18(27)14-17)26(9-2)21(29)16(4)25-22(30)31-23(5,6)7/h2,10,12-16,19,27H,8,11H2,1,3-7H3,(H,24,28)(H,25,30). The molecule has 0 radical (unpaired) electrons. The first-order chi connectivity index (χ1) is 14.4. The normalized spacial score (nSPS) is 13.8. The van der Waals surface area contributed by atoms with E-state index >= 15 is 0 Å². The summed E-state index contributed by atoms with van der Waals surface area (Å²) >= 11 is 0. The molecule has 3 amide bonds. The van der Waals surface area contributed by atoms with E-state index in [9.17, 15) is 19.5 Å². The summed E-state index contributed by atoms with van der Waals surface area (Å²) in [5, 5.41) is 15.2. The van der Waals surface area contributed by atoms with Crippen LogP contribution in [0.5, 0.6) is 5.75 Å². The smallest absolute Gasteiger partial charge is 0.408 e. The maximum atomic E-state index is 13.1. The third-order valence-corrected chi connectivity index (χ3v) is 4.28. The molecule has 3 N–H and O–H groups in total. The van der Waals surface area contributed by atoms with Gasteiger partial charge in [-0.2, -0.15) is 0 Å². The fourth-order valence-corrected chi connectivity index (χ4v) is 2.96. The topological polar surface area (TPSA) is 108 Å². The molecule has 0 saturated carbocycles. The second-order valence-electron chi connectivity index (χ2n) is 8.40. The number of benzene rings is 1. The van der Waals surface area contributed by atoms with Crippen molar-refractivity contribution in [2.24, 2.45) is 0 Å². The van der Waals surface area contributed by atoms with Gasteiger partial charge in [0.2, 0.25) is 5.91 Å². The molecule has 0 spiro atoms. The largest absolute Gasteiger partial charge is 0.508 e. The van der Waals surface area contributed by atoms with E-state index < -0.39 is 35.6 Å². The first-order valence-electron chi connectivity index (χ1n) is 10.3. The molecule has 3 atom stereocenters. The van der Waals surface area contributed by atoms with Crippen LogP contribution in [0.4, 0.5) is 4.79 Å². The van der Waals surface area contributed by atoms with Crippen molar-refractivity contribution in [3.8, 4) is 18.2 Å². The van der Waals surface area contributed by atoms with Gasteiger partial charge in [0.15, 0.2) is 0 Å². The predicted octanol–water partition coefficient (Wildman–Crippen LogP) is 3.07. The summed E-state index contributed by atoms with van der Waals surface area (Å²) in [6.07, 6.45) is 6.46. The lowest BCUT2D eigenvalue weighted by Crippen LogP contribution is -2.51. The minimum Gasteiger partial charge on any atom is -0.508 e. The van der Waals surface area contributed by atoms with Crippen molar-refractivity contribution in [3.05, 3.63) is 29.8 Å². The van der Waals surface area contributed by atoms with Gasteiger partial charge in [-0.05, 0) is 58.7 Å². The molecule has 0 aliphatic heterocycles. The van der Waals surface area contributed by atoms with Gasteiger partial charge in [0.1, 0.15) is 23.4 Å². The first-order valence-corrected chi connectivity index (χ1v) is 10.3. The van der Waals surface area contributed by atoms with Gasteiger partial charge in [-0.1, -0.05) is 31.9 Å². The van der Waals surface area contributed by atoms with Gasteiger partial charge in [0.05, 0.1) is 0 Å². The van der Waals surface area contributed by atoms with Crippen molar-refractivity contribution in [3.63, 3.8) is 0 Å². The molecule has 0 aromatic heterocycles. The van der Waals surface area contributed by atoms with Crippen LogP contribution in [-0.2, 0) is 14.3 Å². The van der Waals surface area contributed by atoms with E-state index in [0.717, 1.165) is 17.7 Å². The molecule has 31 heavy (non-hydrogen) atoms. The minimum atomic E-state index is -1.19. The highest BCUT2D eigenvalue weighted by Crippen LogP contribution is 2.25. The third kappa shape index (κ3) is 8.21. The van der Waals surface area contributed by atoms with E-state index in [1.54, 1.807) is 32.9 Å². The molecule has 8 nitrogen and oxygen atoms in total. The Bertz CT molecular complexity index is 825. The van der Waals surface area contributed by atoms with Gasteiger partial charge in [-0.3, -0.25) is 14.5 Å². The number of hydrogen-bond acceptors (Lipinski definition) is 5. The predicted molar refractivity (Wildman–Crippen MR) is 118 cm³/mol. The molecule has 0 aliphatic rings. The zero-order valence-corrected chi connectivity index (χ0v) is 19.1. The van der Waals surface area contributed by atoms with Gasteiger partial charge in [-0.15, -0.1) is 0 Å². The van der Waals surface area contributed by atoms with Gasteiger partial charge in [0.25, 0.3) is 5.91 Å². The maximum Gasteiger partial charge on any atom is 0.408 e. The number of amides is 3. The van der Waals surface area contributed by atoms with Crippen LogP contribution >= 0.6 is 0 Å². The summed E-state index contributed by atoms with van der Waals surface area (Å²) < 4.78 is 5.17. The Labute approximate surface area is 184 Å². The molecule has 1 rings (SSSR count). The van der Waals surface area contributed by atoms with Crippen LogP contribution in [-0.4, -0.2) is 45.6 Å². The Morgan fingerprint density at radius 1 is 1.23 bits per heavy atom. The highest BCUT2D eigenvalue weighted by Gasteiger charge is 2.34. The van der Waals surface area contributed by atoms with Crippen molar-refractivity contribution in [1.82, 2.24) is 15.5 Å². The van der Waals surface area contributed by atoms with Gasteiger partial charge >= 0.3 is 6.09 Å². The van der Waals surface area contributed by atoms with E-state index in [4.69, 9.17) is 11.2 Å². The van der Waals surface area contributed by atoms with E-state index in [2.05, 4.69) is 16.7 Å². The molecule has 0 fully saturated rings. The summed E-state index contributed by atoms with van der Waals surface area (Å²) in [6.45, 7) is 10.4. The number of carbonyl (C=O) groups is 3. The summed E-state index contributed by atoms with van der Waals surface area (Å²) in [5.74, 6) is -1.22. The van der Waals surface area contributed by atoms with Crippen LogP contribution in [0.15, 0.2) is 24.3 Å².